The molecule has 0 bridgehead atoms. The summed E-state index contributed by atoms with van der Waals surface area (Å²) in [6.45, 7) is 0.0561. The van der Waals surface area contributed by atoms with Crippen molar-refractivity contribution >= 4 is 34.4 Å². The fourth-order valence-electron chi connectivity index (χ4n) is 3.92. The first-order valence-electron chi connectivity index (χ1n) is 9.44. The fraction of sp³-hybridized carbons (Fsp3) is 0.421. The van der Waals surface area contributed by atoms with Gasteiger partial charge in [-0.3, -0.25) is 4.79 Å². The Morgan fingerprint density at radius 2 is 2.11 bits per heavy atom. The Hall–Kier alpha value is -3.23. The topological polar surface area (TPSA) is 115 Å². The van der Waals surface area contributed by atoms with E-state index in [4.69, 9.17) is 5.73 Å². The number of nitrogens with one attached hydrogen (secondary N) is 1. The number of hydrogen-bond acceptors (Lipinski definition) is 7. The van der Waals surface area contributed by atoms with Crippen LogP contribution in [-0.4, -0.2) is 43.7 Å². The standard InChI is InChI=1S/C19H22N8O/c1-26(14-6-19(7-14)4-5-19)18-22-8-12-9-23-27(17(12)25-18)11-16(28)24-13-2-3-15(20)21-10-13/h2-3,8-10,14H,4-7,11H2,1H3,(H2,20,21)(H,24,28). The van der Waals surface area contributed by atoms with Crippen molar-refractivity contribution in [2.45, 2.75) is 38.3 Å². The molecule has 2 fully saturated rings. The van der Waals surface area contributed by atoms with Gasteiger partial charge in [0, 0.05) is 19.3 Å². The van der Waals surface area contributed by atoms with Crippen LogP contribution in [0.2, 0.25) is 0 Å². The molecule has 0 radical (unpaired) electrons. The molecule has 3 aromatic heterocycles. The number of rotatable bonds is 5. The number of fused-ring (bicyclic) bond motifs is 1. The number of carbonyl (C=O) groups excluding carboxylic acids is 1. The maximum absolute atomic E-state index is 12.4. The van der Waals surface area contributed by atoms with Crippen LogP contribution in [-0.2, 0) is 11.3 Å². The minimum atomic E-state index is -0.209. The Morgan fingerprint density at radius 1 is 1.29 bits per heavy atom. The molecule has 0 saturated heterocycles. The number of pyridine rings is 1. The lowest BCUT2D eigenvalue weighted by Crippen LogP contribution is -2.44. The fourth-order valence-corrected chi connectivity index (χ4v) is 3.92. The van der Waals surface area contributed by atoms with Gasteiger partial charge in [-0.05, 0) is 43.2 Å². The molecule has 0 aromatic carbocycles. The molecule has 2 saturated carbocycles. The van der Waals surface area contributed by atoms with Crippen molar-refractivity contribution < 1.29 is 4.79 Å². The van der Waals surface area contributed by atoms with Gasteiger partial charge in [0.1, 0.15) is 12.4 Å². The Balaban J connectivity index is 1.31. The van der Waals surface area contributed by atoms with Crippen molar-refractivity contribution in [2.24, 2.45) is 5.41 Å². The number of nitrogens with zero attached hydrogens (tertiary/aromatic N) is 6. The summed E-state index contributed by atoms with van der Waals surface area (Å²) in [6, 6.07) is 3.85. The number of nitrogens with two attached hydrogens (primary N) is 1. The number of nitrogen functional groups attached to an aromatic ring is 1. The van der Waals surface area contributed by atoms with Gasteiger partial charge in [-0.2, -0.15) is 10.1 Å². The second-order valence-corrected chi connectivity index (χ2v) is 7.94. The molecular formula is C19H22N8O. The van der Waals surface area contributed by atoms with E-state index in [1.54, 1.807) is 29.2 Å². The van der Waals surface area contributed by atoms with Gasteiger partial charge in [-0.1, -0.05) is 0 Å². The molecule has 2 aliphatic carbocycles. The highest BCUT2D eigenvalue weighted by atomic mass is 16.2. The third-order valence-electron chi connectivity index (χ3n) is 5.88. The molecule has 28 heavy (non-hydrogen) atoms. The first-order chi connectivity index (χ1) is 13.5. The largest absolute Gasteiger partial charge is 0.384 e. The highest BCUT2D eigenvalue weighted by molar-refractivity contribution is 5.91. The molecule has 3 aromatic rings. The summed E-state index contributed by atoms with van der Waals surface area (Å²) in [5, 5.41) is 7.90. The molecule has 5 rings (SSSR count). The molecular weight excluding hydrogens is 356 g/mol. The first-order valence-corrected chi connectivity index (χ1v) is 9.44. The van der Waals surface area contributed by atoms with Crippen LogP contribution >= 0.6 is 0 Å². The van der Waals surface area contributed by atoms with Crippen molar-refractivity contribution in [3.05, 3.63) is 30.7 Å². The van der Waals surface area contributed by atoms with Crippen LogP contribution in [0.5, 0.6) is 0 Å². The number of hydrogen-bond donors (Lipinski definition) is 2. The third kappa shape index (κ3) is 3.02. The van der Waals surface area contributed by atoms with Crippen molar-refractivity contribution in [3.8, 4) is 0 Å². The Morgan fingerprint density at radius 3 is 2.82 bits per heavy atom. The van der Waals surface area contributed by atoms with Crippen LogP contribution in [0.15, 0.2) is 30.7 Å². The van der Waals surface area contributed by atoms with Gasteiger partial charge in [-0.25, -0.2) is 14.6 Å². The van der Waals surface area contributed by atoms with Crippen molar-refractivity contribution in [1.29, 1.82) is 0 Å². The number of anilines is 3. The first kappa shape index (κ1) is 16.9. The van der Waals surface area contributed by atoms with Crippen LogP contribution in [0.3, 0.4) is 0 Å². The van der Waals surface area contributed by atoms with Crippen molar-refractivity contribution in [1.82, 2.24) is 24.7 Å². The lowest BCUT2D eigenvalue weighted by molar-refractivity contribution is -0.116. The highest BCUT2D eigenvalue weighted by Gasteiger charge is 2.54. The van der Waals surface area contributed by atoms with Crippen molar-refractivity contribution in [2.75, 3.05) is 23.0 Å². The molecule has 9 heteroatoms. The van der Waals surface area contributed by atoms with E-state index in [1.165, 1.54) is 31.9 Å². The van der Waals surface area contributed by atoms with Gasteiger partial charge in [-0.15, -0.1) is 0 Å². The van der Waals surface area contributed by atoms with Crippen LogP contribution in [0.25, 0.3) is 11.0 Å². The highest BCUT2D eigenvalue weighted by Crippen LogP contribution is 2.61. The zero-order chi connectivity index (χ0) is 19.3. The summed E-state index contributed by atoms with van der Waals surface area (Å²) >= 11 is 0. The lowest BCUT2D eigenvalue weighted by Gasteiger charge is -2.41. The molecule has 3 heterocycles. The second-order valence-electron chi connectivity index (χ2n) is 7.94. The van der Waals surface area contributed by atoms with Crippen LogP contribution in [0, 0.1) is 5.41 Å². The van der Waals surface area contributed by atoms with Crippen LogP contribution < -0.4 is 16.0 Å². The van der Waals surface area contributed by atoms with Gasteiger partial charge in [0.05, 0.1) is 23.5 Å². The van der Waals surface area contributed by atoms with Gasteiger partial charge >= 0.3 is 0 Å². The molecule has 3 N–H and O–H groups in total. The molecule has 1 spiro atoms. The molecule has 144 valence electrons. The average Bonchev–Trinajstić information content (AvgIpc) is 3.38. The third-order valence-corrected chi connectivity index (χ3v) is 5.88. The van der Waals surface area contributed by atoms with Crippen LogP contribution in [0.4, 0.5) is 17.5 Å². The second kappa shape index (κ2) is 6.15. The zero-order valence-corrected chi connectivity index (χ0v) is 15.7. The van der Waals surface area contributed by atoms with E-state index >= 15 is 0 Å². The molecule has 2 aliphatic rings. The van der Waals surface area contributed by atoms with E-state index in [0.717, 1.165) is 5.39 Å². The molecule has 9 nitrogen and oxygen atoms in total. The summed E-state index contributed by atoms with van der Waals surface area (Å²) < 4.78 is 1.59. The molecule has 0 aliphatic heterocycles. The monoisotopic (exact) mass is 378 g/mol. The molecule has 1 amide bonds. The van der Waals surface area contributed by atoms with Crippen LogP contribution in [0.1, 0.15) is 25.7 Å². The Kier molecular flexibility index (Phi) is 3.71. The van der Waals surface area contributed by atoms with E-state index in [0.29, 0.717) is 34.6 Å². The molecule has 0 unspecified atom stereocenters. The maximum Gasteiger partial charge on any atom is 0.246 e. The summed E-state index contributed by atoms with van der Waals surface area (Å²) in [6.07, 6.45) is 10.1. The minimum Gasteiger partial charge on any atom is -0.384 e. The van der Waals surface area contributed by atoms with E-state index in [2.05, 4.69) is 30.3 Å². The summed E-state index contributed by atoms with van der Waals surface area (Å²) in [5.74, 6) is 0.876. The number of aromatic nitrogens is 5. The van der Waals surface area contributed by atoms with E-state index in [9.17, 15) is 4.79 Å². The van der Waals surface area contributed by atoms with E-state index in [-0.39, 0.29) is 12.5 Å². The normalized spacial score (nSPS) is 17.5. The SMILES string of the molecule is CN(c1ncc2cnn(CC(=O)Nc3ccc(N)nc3)c2n1)C1CC2(CC2)C1. The molecule has 0 atom stereocenters. The van der Waals surface area contributed by atoms with Gasteiger partial charge in [0.15, 0.2) is 5.65 Å². The minimum absolute atomic E-state index is 0.0561. The average molecular weight is 378 g/mol. The van der Waals surface area contributed by atoms with Gasteiger partial charge < -0.3 is 16.0 Å². The lowest BCUT2D eigenvalue weighted by atomic mass is 9.76. The number of amides is 1. The predicted molar refractivity (Wildman–Crippen MR) is 106 cm³/mol. The van der Waals surface area contributed by atoms with E-state index in [1.807, 2.05) is 7.05 Å². The van der Waals surface area contributed by atoms with E-state index < -0.39 is 0 Å². The summed E-state index contributed by atoms with van der Waals surface area (Å²) in [7, 11) is 2.04. The van der Waals surface area contributed by atoms with Gasteiger partial charge in [0.25, 0.3) is 0 Å². The predicted octanol–water partition coefficient (Wildman–Crippen LogP) is 1.82. The quantitative estimate of drug-likeness (QED) is 0.696. The van der Waals surface area contributed by atoms with Gasteiger partial charge in [0.2, 0.25) is 11.9 Å². The Bertz CT molecular complexity index is 1030. The number of carbonyl (C=O) groups is 1. The summed E-state index contributed by atoms with van der Waals surface area (Å²) in [5.41, 5.74) is 7.43. The maximum atomic E-state index is 12.4. The van der Waals surface area contributed by atoms with Crippen molar-refractivity contribution in [3.63, 3.8) is 0 Å². The summed E-state index contributed by atoms with van der Waals surface area (Å²) in [4.78, 5) is 27.7. The zero-order valence-electron chi connectivity index (χ0n) is 15.7. The Labute approximate surface area is 162 Å². The smallest absolute Gasteiger partial charge is 0.246 e.